The number of nitrogens with one attached hydrogen (secondary N) is 1. The van der Waals surface area contributed by atoms with Crippen LogP contribution in [0.3, 0.4) is 0 Å². The van der Waals surface area contributed by atoms with Crippen LogP contribution in [0.1, 0.15) is 19.4 Å². The fraction of sp³-hybridized carbons (Fsp3) is 0.417. The van der Waals surface area contributed by atoms with E-state index >= 15 is 0 Å². The molecule has 2 heterocycles. The molecule has 164 valence electrons. The van der Waals surface area contributed by atoms with Crippen LogP contribution in [0.2, 0.25) is 0 Å². The van der Waals surface area contributed by atoms with Crippen molar-refractivity contribution in [2.24, 2.45) is 0 Å². The van der Waals surface area contributed by atoms with Crippen molar-refractivity contribution in [1.82, 2.24) is 9.80 Å². The zero-order chi connectivity index (χ0) is 22.0. The molecule has 2 aromatic rings. The minimum atomic E-state index is -0.929. The Morgan fingerprint density at radius 3 is 2.32 bits per heavy atom. The second-order valence-electron chi connectivity index (χ2n) is 8.66. The molecule has 1 N–H and O–H groups in total. The number of methoxy groups -OCH3 is 1. The SMILES string of the molecule is COc1ccc(CN2CCN(CC(=O)N3c4ccccc4NC(=O)C3(C)C)CC2)cc1. The molecule has 0 unspecified atom stereocenters. The molecule has 0 aromatic heterocycles. The quantitative estimate of drug-likeness (QED) is 0.802. The van der Waals surface area contributed by atoms with Crippen molar-refractivity contribution in [1.29, 1.82) is 0 Å². The summed E-state index contributed by atoms with van der Waals surface area (Å²) in [6.07, 6.45) is 0. The molecule has 7 heteroatoms. The number of para-hydroxylation sites is 2. The highest BCUT2D eigenvalue weighted by Crippen LogP contribution is 2.36. The first-order valence-electron chi connectivity index (χ1n) is 10.7. The number of hydrogen-bond donors (Lipinski definition) is 1. The predicted octanol–water partition coefficient (Wildman–Crippen LogP) is 2.58. The molecule has 1 saturated heterocycles. The number of nitrogens with zero attached hydrogens (tertiary/aromatic N) is 3. The summed E-state index contributed by atoms with van der Waals surface area (Å²) in [7, 11) is 1.67. The van der Waals surface area contributed by atoms with E-state index in [4.69, 9.17) is 4.74 Å². The zero-order valence-corrected chi connectivity index (χ0v) is 18.4. The van der Waals surface area contributed by atoms with E-state index in [9.17, 15) is 9.59 Å². The number of fused-ring (bicyclic) bond motifs is 1. The Labute approximate surface area is 183 Å². The number of hydrogen-bond acceptors (Lipinski definition) is 5. The van der Waals surface area contributed by atoms with Crippen LogP contribution in [0.25, 0.3) is 0 Å². The van der Waals surface area contributed by atoms with Gasteiger partial charge in [0, 0.05) is 32.7 Å². The lowest BCUT2D eigenvalue weighted by atomic mass is 9.96. The lowest BCUT2D eigenvalue weighted by Gasteiger charge is -2.43. The molecule has 0 atom stereocenters. The number of carbonyl (C=O) groups excluding carboxylic acids is 2. The molecule has 0 saturated carbocycles. The molecule has 2 aromatic carbocycles. The van der Waals surface area contributed by atoms with Crippen LogP contribution >= 0.6 is 0 Å². The van der Waals surface area contributed by atoms with Gasteiger partial charge in [0.1, 0.15) is 11.3 Å². The van der Waals surface area contributed by atoms with Gasteiger partial charge in [-0.1, -0.05) is 24.3 Å². The zero-order valence-electron chi connectivity index (χ0n) is 18.4. The molecular weight excluding hydrogens is 392 g/mol. The molecule has 0 aliphatic carbocycles. The molecule has 31 heavy (non-hydrogen) atoms. The van der Waals surface area contributed by atoms with E-state index in [1.165, 1.54) is 5.56 Å². The highest BCUT2D eigenvalue weighted by Gasteiger charge is 2.43. The standard InChI is InChI=1S/C24H30N4O3/c1-24(2)23(30)25-20-6-4-5-7-21(20)28(24)22(29)17-27-14-12-26(13-15-27)16-18-8-10-19(31-3)11-9-18/h4-11H,12-17H2,1-3H3,(H,25,30). The van der Waals surface area contributed by atoms with Crippen molar-refractivity contribution < 1.29 is 14.3 Å². The molecule has 2 aliphatic rings. The molecule has 2 aliphatic heterocycles. The second-order valence-corrected chi connectivity index (χ2v) is 8.66. The summed E-state index contributed by atoms with van der Waals surface area (Å²) in [5.41, 5.74) is 1.77. The van der Waals surface area contributed by atoms with Crippen LogP contribution in [0, 0.1) is 0 Å². The predicted molar refractivity (Wildman–Crippen MR) is 121 cm³/mol. The van der Waals surface area contributed by atoms with E-state index in [-0.39, 0.29) is 11.8 Å². The van der Waals surface area contributed by atoms with Gasteiger partial charge in [0.2, 0.25) is 11.8 Å². The van der Waals surface area contributed by atoms with Crippen molar-refractivity contribution in [3.63, 3.8) is 0 Å². The molecule has 1 fully saturated rings. The molecule has 2 amide bonds. The fourth-order valence-corrected chi connectivity index (χ4v) is 4.26. The van der Waals surface area contributed by atoms with Crippen molar-refractivity contribution in [3.05, 3.63) is 54.1 Å². The van der Waals surface area contributed by atoms with Crippen molar-refractivity contribution in [2.75, 3.05) is 50.1 Å². The monoisotopic (exact) mass is 422 g/mol. The number of ether oxygens (including phenoxy) is 1. The summed E-state index contributed by atoms with van der Waals surface area (Å²) in [5, 5.41) is 2.91. The Balaban J connectivity index is 1.37. The highest BCUT2D eigenvalue weighted by atomic mass is 16.5. The lowest BCUT2D eigenvalue weighted by molar-refractivity contribution is -0.127. The normalized spacial score (nSPS) is 18.9. The Hall–Kier alpha value is -2.90. The average Bonchev–Trinajstić information content (AvgIpc) is 2.76. The lowest BCUT2D eigenvalue weighted by Crippen LogP contribution is -2.61. The second kappa shape index (κ2) is 8.69. The Morgan fingerprint density at radius 1 is 1.00 bits per heavy atom. The number of carbonyl (C=O) groups is 2. The maximum atomic E-state index is 13.3. The van der Waals surface area contributed by atoms with Crippen LogP contribution in [0.15, 0.2) is 48.5 Å². The topological polar surface area (TPSA) is 65.1 Å². The Bertz CT molecular complexity index is 950. The van der Waals surface area contributed by atoms with Gasteiger partial charge >= 0.3 is 0 Å². The maximum Gasteiger partial charge on any atom is 0.250 e. The first-order chi connectivity index (χ1) is 14.9. The number of piperazine rings is 1. The third-order valence-corrected chi connectivity index (χ3v) is 6.15. The van der Waals surface area contributed by atoms with Gasteiger partial charge in [-0.3, -0.25) is 24.3 Å². The largest absolute Gasteiger partial charge is 0.497 e. The first-order valence-corrected chi connectivity index (χ1v) is 10.7. The molecular formula is C24H30N4O3. The minimum absolute atomic E-state index is 0.0455. The third-order valence-electron chi connectivity index (χ3n) is 6.15. The molecule has 7 nitrogen and oxygen atoms in total. The number of rotatable bonds is 5. The average molecular weight is 423 g/mol. The molecule has 0 bridgehead atoms. The Kier molecular flexibility index (Phi) is 5.98. The van der Waals surface area contributed by atoms with Crippen molar-refractivity contribution >= 4 is 23.2 Å². The summed E-state index contributed by atoms with van der Waals surface area (Å²) >= 11 is 0. The van der Waals surface area contributed by atoms with E-state index in [0.29, 0.717) is 12.2 Å². The fourth-order valence-electron chi connectivity index (χ4n) is 4.26. The van der Waals surface area contributed by atoms with Gasteiger partial charge in [-0.05, 0) is 43.7 Å². The third kappa shape index (κ3) is 4.43. The summed E-state index contributed by atoms with van der Waals surface area (Å²) < 4.78 is 5.22. The van der Waals surface area contributed by atoms with E-state index in [0.717, 1.165) is 44.2 Å². The number of benzene rings is 2. The van der Waals surface area contributed by atoms with Gasteiger partial charge in [-0.15, -0.1) is 0 Å². The van der Waals surface area contributed by atoms with Crippen molar-refractivity contribution in [2.45, 2.75) is 25.9 Å². The first kappa shape index (κ1) is 21.3. The van der Waals surface area contributed by atoms with Gasteiger partial charge in [0.25, 0.3) is 0 Å². The van der Waals surface area contributed by atoms with Crippen LogP contribution in [0.4, 0.5) is 11.4 Å². The highest BCUT2D eigenvalue weighted by molar-refractivity contribution is 6.14. The summed E-state index contributed by atoms with van der Waals surface area (Å²) in [6, 6.07) is 15.6. The molecule has 0 spiro atoms. The van der Waals surface area contributed by atoms with Gasteiger partial charge in [-0.2, -0.15) is 0 Å². The van der Waals surface area contributed by atoms with Gasteiger partial charge < -0.3 is 10.1 Å². The van der Waals surface area contributed by atoms with Crippen LogP contribution in [-0.2, 0) is 16.1 Å². The van der Waals surface area contributed by atoms with E-state index in [1.54, 1.807) is 25.9 Å². The van der Waals surface area contributed by atoms with Crippen LogP contribution < -0.4 is 15.0 Å². The van der Waals surface area contributed by atoms with Gasteiger partial charge in [-0.25, -0.2) is 0 Å². The van der Waals surface area contributed by atoms with E-state index < -0.39 is 5.54 Å². The number of anilines is 2. The maximum absolute atomic E-state index is 13.3. The van der Waals surface area contributed by atoms with E-state index in [1.807, 2.05) is 36.4 Å². The van der Waals surface area contributed by atoms with Gasteiger partial charge in [0.05, 0.1) is 25.0 Å². The smallest absolute Gasteiger partial charge is 0.250 e. The van der Waals surface area contributed by atoms with Crippen LogP contribution in [-0.4, -0.2) is 67.0 Å². The Morgan fingerprint density at radius 2 is 1.65 bits per heavy atom. The van der Waals surface area contributed by atoms with Crippen molar-refractivity contribution in [3.8, 4) is 5.75 Å². The molecule has 0 radical (unpaired) electrons. The summed E-state index contributed by atoms with van der Waals surface area (Å²) in [5.74, 6) is 0.655. The summed E-state index contributed by atoms with van der Waals surface area (Å²) in [4.78, 5) is 32.1. The molecule has 4 rings (SSSR count). The van der Waals surface area contributed by atoms with Crippen LogP contribution in [0.5, 0.6) is 5.75 Å². The summed E-state index contributed by atoms with van der Waals surface area (Å²) in [6.45, 7) is 8.24. The minimum Gasteiger partial charge on any atom is -0.497 e. The van der Waals surface area contributed by atoms with Gasteiger partial charge in [0.15, 0.2) is 0 Å². The number of amides is 2. The van der Waals surface area contributed by atoms with E-state index in [2.05, 4.69) is 27.2 Å².